The smallest absolute Gasteiger partial charge is 0.147 e. The summed E-state index contributed by atoms with van der Waals surface area (Å²) in [5.74, 6) is 0.978. The lowest BCUT2D eigenvalue weighted by Gasteiger charge is -2.09. The largest absolute Gasteiger partial charge is 0.394 e. The van der Waals surface area contributed by atoms with Gasteiger partial charge in [-0.05, 0) is 17.5 Å². The fourth-order valence-electron chi connectivity index (χ4n) is 1.83. The lowest BCUT2D eigenvalue weighted by atomic mass is 10.0. The number of aromatic nitrogens is 2. The number of aliphatic hydroxyl groups excluding tert-OH is 1. The molecule has 0 fully saturated rings. The van der Waals surface area contributed by atoms with E-state index < -0.39 is 6.04 Å². The molecule has 4 nitrogen and oxygen atoms in total. The fourth-order valence-corrected chi connectivity index (χ4v) is 1.83. The van der Waals surface area contributed by atoms with Gasteiger partial charge in [0.05, 0.1) is 18.3 Å². The molecule has 0 bridgehead atoms. The molecule has 1 aromatic heterocycles. The van der Waals surface area contributed by atoms with Gasteiger partial charge in [-0.2, -0.15) is 0 Å². The Morgan fingerprint density at radius 3 is 2.42 bits per heavy atom. The molecule has 1 heterocycles. The van der Waals surface area contributed by atoms with Crippen LogP contribution in [0.4, 0.5) is 0 Å². The van der Waals surface area contributed by atoms with Crippen molar-refractivity contribution in [3.63, 3.8) is 0 Å². The number of aliphatic hydroxyl groups is 1. The molecular formula is C15H19N3O. The quantitative estimate of drug-likeness (QED) is 0.881. The monoisotopic (exact) mass is 257 g/mol. The van der Waals surface area contributed by atoms with Crippen LogP contribution in [0.1, 0.15) is 37.2 Å². The molecule has 2 aromatic rings. The van der Waals surface area contributed by atoms with E-state index in [-0.39, 0.29) is 6.61 Å². The molecule has 3 N–H and O–H groups in total. The lowest BCUT2D eigenvalue weighted by Crippen LogP contribution is -2.17. The molecule has 1 atom stereocenters. The van der Waals surface area contributed by atoms with Gasteiger partial charge in [0.1, 0.15) is 5.82 Å². The second-order valence-corrected chi connectivity index (χ2v) is 4.87. The van der Waals surface area contributed by atoms with E-state index in [1.165, 1.54) is 5.56 Å². The number of benzene rings is 1. The first kappa shape index (κ1) is 13.6. The minimum Gasteiger partial charge on any atom is -0.394 e. The highest BCUT2D eigenvalue weighted by atomic mass is 16.3. The van der Waals surface area contributed by atoms with E-state index in [1.807, 2.05) is 18.2 Å². The summed E-state index contributed by atoms with van der Waals surface area (Å²) < 4.78 is 0. The van der Waals surface area contributed by atoms with Crippen molar-refractivity contribution in [3.8, 4) is 11.3 Å². The van der Waals surface area contributed by atoms with Crippen LogP contribution in [0.5, 0.6) is 0 Å². The summed E-state index contributed by atoms with van der Waals surface area (Å²) in [6.45, 7) is 4.17. The average Bonchev–Trinajstić information content (AvgIpc) is 2.46. The van der Waals surface area contributed by atoms with E-state index >= 15 is 0 Å². The van der Waals surface area contributed by atoms with Crippen molar-refractivity contribution in [2.24, 2.45) is 5.73 Å². The number of hydrogen-bond acceptors (Lipinski definition) is 4. The molecule has 1 aromatic carbocycles. The van der Waals surface area contributed by atoms with Gasteiger partial charge in [-0.15, -0.1) is 0 Å². The van der Waals surface area contributed by atoms with Crippen LogP contribution >= 0.6 is 0 Å². The Hall–Kier alpha value is -1.78. The zero-order valence-corrected chi connectivity index (χ0v) is 11.2. The maximum absolute atomic E-state index is 9.04. The van der Waals surface area contributed by atoms with E-state index in [0.29, 0.717) is 11.7 Å². The molecule has 0 saturated heterocycles. The van der Waals surface area contributed by atoms with Crippen LogP contribution in [0.15, 0.2) is 36.5 Å². The fraction of sp³-hybridized carbons (Fsp3) is 0.333. The van der Waals surface area contributed by atoms with Gasteiger partial charge < -0.3 is 10.8 Å². The number of rotatable bonds is 4. The predicted molar refractivity (Wildman–Crippen MR) is 75.6 cm³/mol. The van der Waals surface area contributed by atoms with Gasteiger partial charge in [-0.25, -0.2) is 9.97 Å². The molecule has 0 aliphatic heterocycles. The molecule has 0 spiro atoms. The summed E-state index contributed by atoms with van der Waals surface area (Å²) in [5, 5.41) is 9.04. The second-order valence-electron chi connectivity index (χ2n) is 4.87. The SMILES string of the molecule is CC(C)c1ccc(-c2ccnc(C(N)CO)n2)cc1. The standard InChI is InChI=1S/C15H19N3O/c1-10(2)11-3-5-12(6-4-11)14-7-8-17-15(18-14)13(16)9-19/h3-8,10,13,19H,9,16H2,1-2H3. The molecular weight excluding hydrogens is 238 g/mol. The maximum atomic E-state index is 9.04. The maximum Gasteiger partial charge on any atom is 0.147 e. The van der Waals surface area contributed by atoms with Gasteiger partial charge in [0.2, 0.25) is 0 Å². The van der Waals surface area contributed by atoms with E-state index in [9.17, 15) is 0 Å². The van der Waals surface area contributed by atoms with Crippen molar-refractivity contribution in [3.05, 3.63) is 47.9 Å². The van der Waals surface area contributed by atoms with Crippen LogP contribution in [0.2, 0.25) is 0 Å². The molecule has 100 valence electrons. The van der Waals surface area contributed by atoms with E-state index in [4.69, 9.17) is 10.8 Å². The van der Waals surface area contributed by atoms with E-state index in [1.54, 1.807) is 6.20 Å². The van der Waals surface area contributed by atoms with Crippen LogP contribution < -0.4 is 5.73 Å². The number of nitrogens with zero attached hydrogens (tertiary/aromatic N) is 2. The summed E-state index contributed by atoms with van der Waals surface area (Å²) in [7, 11) is 0. The van der Waals surface area contributed by atoms with Gasteiger partial charge in [-0.1, -0.05) is 38.1 Å². The Labute approximate surface area is 113 Å². The van der Waals surface area contributed by atoms with Crippen molar-refractivity contribution >= 4 is 0 Å². The van der Waals surface area contributed by atoms with Gasteiger partial charge >= 0.3 is 0 Å². The van der Waals surface area contributed by atoms with E-state index in [2.05, 4.69) is 35.9 Å². The Bertz CT molecular complexity index is 537. The predicted octanol–water partition coefficient (Wildman–Crippen LogP) is 2.26. The second kappa shape index (κ2) is 5.91. The average molecular weight is 257 g/mol. The van der Waals surface area contributed by atoms with Crippen molar-refractivity contribution in [1.29, 1.82) is 0 Å². The third kappa shape index (κ3) is 3.16. The van der Waals surface area contributed by atoms with Crippen LogP contribution in [0.25, 0.3) is 11.3 Å². The summed E-state index contributed by atoms with van der Waals surface area (Å²) in [6, 6.07) is 9.62. The minimum absolute atomic E-state index is 0.157. The zero-order valence-electron chi connectivity index (χ0n) is 11.2. The van der Waals surface area contributed by atoms with Gasteiger partial charge in [0, 0.05) is 11.8 Å². The van der Waals surface area contributed by atoms with Crippen molar-refractivity contribution in [2.75, 3.05) is 6.61 Å². The topological polar surface area (TPSA) is 72.0 Å². The highest BCUT2D eigenvalue weighted by Gasteiger charge is 2.09. The Balaban J connectivity index is 2.31. The van der Waals surface area contributed by atoms with Gasteiger partial charge in [0.15, 0.2) is 0 Å². The number of hydrogen-bond donors (Lipinski definition) is 2. The highest BCUT2D eigenvalue weighted by molar-refractivity contribution is 5.59. The van der Waals surface area contributed by atoms with Crippen LogP contribution in [0, 0.1) is 0 Å². The molecule has 2 rings (SSSR count). The summed E-state index contributed by atoms with van der Waals surface area (Å²) in [6.07, 6.45) is 1.67. The third-order valence-electron chi connectivity index (χ3n) is 3.08. The summed E-state index contributed by atoms with van der Waals surface area (Å²) in [4.78, 5) is 8.48. The third-order valence-corrected chi connectivity index (χ3v) is 3.08. The molecule has 0 amide bonds. The lowest BCUT2D eigenvalue weighted by molar-refractivity contribution is 0.263. The zero-order chi connectivity index (χ0) is 13.8. The van der Waals surface area contributed by atoms with Gasteiger partial charge in [0.25, 0.3) is 0 Å². The van der Waals surface area contributed by atoms with Crippen LogP contribution in [-0.2, 0) is 0 Å². The first-order chi connectivity index (χ1) is 9.11. The Morgan fingerprint density at radius 1 is 1.16 bits per heavy atom. The minimum atomic E-state index is -0.533. The van der Waals surface area contributed by atoms with Crippen molar-refractivity contribution < 1.29 is 5.11 Å². The Morgan fingerprint density at radius 2 is 1.84 bits per heavy atom. The molecule has 19 heavy (non-hydrogen) atoms. The molecule has 0 aliphatic rings. The Kier molecular flexibility index (Phi) is 4.24. The number of nitrogens with two attached hydrogens (primary N) is 1. The molecule has 1 unspecified atom stereocenters. The van der Waals surface area contributed by atoms with Gasteiger partial charge in [-0.3, -0.25) is 0 Å². The highest BCUT2D eigenvalue weighted by Crippen LogP contribution is 2.21. The van der Waals surface area contributed by atoms with Crippen molar-refractivity contribution in [1.82, 2.24) is 9.97 Å². The summed E-state index contributed by atoms with van der Waals surface area (Å²) >= 11 is 0. The van der Waals surface area contributed by atoms with Crippen LogP contribution in [0.3, 0.4) is 0 Å². The normalized spacial score (nSPS) is 12.7. The molecule has 4 heteroatoms. The van der Waals surface area contributed by atoms with E-state index in [0.717, 1.165) is 11.3 Å². The first-order valence-electron chi connectivity index (χ1n) is 6.41. The molecule has 0 aliphatic carbocycles. The van der Waals surface area contributed by atoms with Crippen molar-refractivity contribution in [2.45, 2.75) is 25.8 Å². The molecule has 0 saturated carbocycles. The first-order valence-corrected chi connectivity index (χ1v) is 6.41. The van der Waals surface area contributed by atoms with Crippen LogP contribution in [-0.4, -0.2) is 21.7 Å². The molecule has 0 radical (unpaired) electrons. The summed E-state index contributed by atoms with van der Waals surface area (Å²) in [5.41, 5.74) is 8.88.